The number of hydrogen-bond donors (Lipinski definition) is 2. The monoisotopic (exact) mass is 312 g/mol. The fourth-order valence-electron chi connectivity index (χ4n) is 3.07. The van der Waals surface area contributed by atoms with Gasteiger partial charge in [-0.2, -0.15) is 0 Å². The zero-order chi connectivity index (χ0) is 16.2. The summed E-state index contributed by atoms with van der Waals surface area (Å²) in [6.07, 6.45) is 4.45. The molecule has 6 heteroatoms. The molecular formula is C17H20N4O2. The number of amides is 2. The third kappa shape index (κ3) is 3.41. The van der Waals surface area contributed by atoms with Crippen LogP contribution in [0, 0.1) is 0 Å². The Morgan fingerprint density at radius 3 is 3.09 bits per heavy atom. The van der Waals surface area contributed by atoms with Gasteiger partial charge in [-0.15, -0.1) is 0 Å². The molecule has 1 aromatic heterocycles. The molecule has 2 N–H and O–H groups in total. The van der Waals surface area contributed by atoms with Crippen molar-refractivity contribution in [2.75, 3.05) is 7.05 Å². The summed E-state index contributed by atoms with van der Waals surface area (Å²) < 4.78 is 0. The van der Waals surface area contributed by atoms with E-state index < -0.39 is 0 Å². The molecule has 0 bridgehead atoms. The Hall–Kier alpha value is -2.63. The Balaban J connectivity index is 1.67. The molecule has 0 fully saturated rings. The highest BCUT2D eigenvalue weighted by atomic mass is 16.2. The molecule has 0 saturated carbocycles. The van der Waals surface area contributed by atoms with Gasteiger partial charge < -0.3 is 15.2 Å². The minimum absolute atomic E-state index is 0.0899. The van der Waals surface area contributed by atoms with E-state index in [0.717, 1.165) is 19.3 Å². The van der Waals surface area contributed by atoms with Gasteiger partial charge in [0.2, 0.25) is 0 Å². The molecule has 2 aromatic rings. The number of H-pyrrole nitrogens is 1. The van der Waals surface area contributed by atoms with Crippen molar-refractivity contribution in [3.8, 4) is 0 Å². The number of carbonyl (C=O) groups is 1. The smallest absolute Gasteiger partial charge is 0.317 e. The van der Waals surface area contributed by atoms with Gasteiger partial charge in [0.15, 0.2) is 0 Å². The number of fused-ring (bicyclic) bond motifs is 1. The van der Waals surface area contributed by atoms with Gasteiger partial charge in [0.05, 0.1) is 24.6 Å². The summed E-state index contributed by atoms with van der Waals surface area (Å²) in [5.74, 6) is 0. The minimum Gasteiger partial charge on any atom is -0.332 e. The normalized spacial score (nSPS) is 16.5. The van der Waals surface area contributed by atoms with E-state index in [2.05, 4.69) is 27.4 Å². The van der Waals surface area contributed by atoms with Gasteiger partial charge >= 0.3 is 6.03 Å². The van der Waals surface area contributed by atoms with Crippen LogP contribution in [0.5, 0.6) is 0 Å². The Bertz CT molecular complexity index is 756. The molecule has 0 spiro atoms. The second-order valence-electron chi connectivity index (χ2n) is 5.78. The number of benzene rings is 1. The van der Waals surface area contributed by atoms with E-state index in [1.54, 1.807) is 4.90 Å². The molecule has 1 atom stereocenters. The third-order valence-corrected chi connectivity index (χ3v) is 4.28. The Kier molecular flexibility index (Phi) is 4.41. The third-order valence-electron chi connectivity index (χ3n) is 4.28. The van der Waals surface area contributed by atoms with Gasteiger partial charge in [-0.3, -0.25) is 4.79 Å². The van der Waals surface area contributed by atoms with Crippen molar-refractivity contribution in [3.63, 3.8) is 0 Å². The number of urea groups is 1. The molecule has 1 aromatic carbocycles. The van der Waals surface area contributed by atoms with Crippen molar-refractivity contribution in [3.05, 3.63) is 63.8 Å². The number of aryl methyl sites for hydroxylation is 1. The number of carbonyl (C=O) groups excluding carboxylic acids is 1. The first kappa shape index (κ1) is 15.3. The van der Waals surface area contributed by atoms with E-state index in [1.807, 2.05) is 19.2 Å². The van der Waals surface area contributed by atoms with Gasteiger partial charge in [0, 0.05) is 13.1 Å². The maximum atomic E-state index is 12.4. The molecule has 2 amide bonds. The number of nitrogens with zero attached hydrogens (tertiary/aromatic N) is 2. The predicted molar refractivity (Wildman–Crippen MR) is 87.0 cm³/mol. The summed E-state index contributed by atoms with van der Waals surface area (Å²) in [6, 6.07) is 9.61. The molecule has 1 aliphatic rings. The summed E-state index contributed by atoms with van der Waals surface area (Å²) >= 11 is 0. The number of aromatic nitrogens is 2. The molecule has 3 rings (SSSR count). The van der Waals surface area contributed by atoms with E-state index in [1.165, 1.54) is 23.5 Å². The lowest BCUT2D eigenvalue weighted by molar-refractivity contribution is 0.183. The Morgan fingerprint density at radius 2 is 2.26 bits per heavy atom. The maximum absolute atomic E-state index is 12.4. The summed E-state index contributed by atoms with van der Waals surface area (Å²) in [6.45, 7) is 0.238. The van der Waals surface area contributed by atoms with Gasteiger partial charge in [-0.25, -0.2) is 9.78 Å². The number of rotatable bonds is 3. The van der Waals surface area contributed by atoms with E-state index in [-0.39, 0.29) is 24.2 Å². The molecule has 0 radical (unpaired) electrons. The van der Waals surface area contributed by atoms with Gasteiger partial charge in [-0.1, -0.05) is 24.3 Å². The lowest BCUT2D eigenvalue weighted by Gasteiger charge is -2.33. The molecule has 23 heavy (non-hydrogen) atoms. The first-order valence-electron chi connectivity index (χ1n) is 7.77. The van der Waals surface area contributed by atoms with Gasteiger partial charge in [0.1, 0.15) is 0 Å². The first-order chi connectivity index (χ1) is 11.1. The van der Waals surface area contributed by atoms with E-state index in [0.29, 0.717) is 5.69 Å². The van der Waals surface area contributed by atoms with Gasteiger partial charge in [0.25, 0.3) is 5.56 Å². The predicted octanol–water partition coefficient (Wildman–Crippen LogP) is 1.99. The van der Waals surface area contributed by atoms with Crippen LogP contribution in [-0.2, 0) is 13.0 Å². The zero-order valence-corrected chi connectivity index (χ0v) is 13.1. The van der Waals surface area contributed by atoms with Crippen LogP contribution in [0.4, 0.5) is 4.79 Å². The van der Waals surface area contributed by atoms with Crippen LogP contribution in [0.15, 0.2) is 41.5 Å². The highest BCUT2D eigenvalue weighted by Gasteiger charge is 2.26. The van der Waals surface area contributed by atoms with Crippen molar-refractivity contribution >= 4 is 6.03 Å². The van der Waals surface area contributed by atoms with E-state index in [9.17, 15) is 9.59 Å². The fraction of sp³-hybridized carbons (Fsp3) is 0.353. The highest BCUT2D eigenvalue weighted by Crippen LogP contribution is 2.33. The van der Waals surface area contributed by atoms with Crippen LogP contribution in [0.25, 0.3) is 0 Å². The SMILES string of the molecule is CN(C(=O)NCc1cc(=O)[nH]cn1)[C@@H]1CCCc2ccccc21. The van der Waals surface area contributed by atoms with Crippen LogP contribution in [0.3, 0.4) is 0 Å². The standard InChI is InChI=1S/C17H20N4O2/c1-21(15-8-4-6-12-5-2-3-7-14(12)15)17(23)18-10-13-9-16(22)20-11-19-13/h2-3,5,7,9,11,15H,4,6,8,10H2,1H3,(H,18,23)(H,19,20,22)/t15-/m1/s1. The van der Waals surface area contributed by atoms with Crippen LogP contribution in [0.2, 0.25) is 0 Å². The second-order valence-corrected chi connectivity index (χ2v) is 5.78. The van der Waals surface area contributed by atoms with Crippen LogP contribution >= 0.6 is 0 Å². The Morgan fingerprint density at radius 1 is 1.43 bits per heavy atom. The first-order valence-corrected chi connectivity index (χ1v) is 7.77. The van der Waals surface area contributed by atoms with Crippen LogP contribution in [0.1, 0.15) is 35.7 Å². The van der Waals surface area contributed by atoms with E-state index in [4.69, 9.17) is 0 Å². The number of hydrogen-bond acceptors (Lipinski definition) is 3. The van der Waals surface area contributed by atoms with Crippen molar-refractivity contribution < 1.29 is 4.79 Å². The summed E-state index contributed by atoms with van der Waals surface area (Å²) in [5.41, 5.74) is 2.86. The van der Waals surface area contributed by atoms with Crippen molar-refractivity contribution in [2.24, 2.45) is 0 Å². The topological polar surface area (TPSA) is 78.1 Å². The lowest BCUT2D eigenvalue weighted by atomic mass is 9.87. The van der Waals surface area contributed by atoms with Crippen LogP contribution < -0.4 is 10.9 Å². The summed E-state index contributed by atoms with van der Waals surface area (Å²) in [7, 11) is 1.81. The fourth-order valence-corrected chi connectivity index (χ4v) is 3.07. The zero-order valence-electron chi connectivity index (χ0n) is 13.1. The molecule has 0 unspecified atom stereocenters. The number of nitrogens with one attached hydrogen (secondary N) is 2. The Labute approximate surface area is 134 Å². The highest BCUT2D eigenvalue weighted by molar-refractivity contribution is 5.74. The summed E-state index contributed by atoms with van der Waals surface area (Å²) in [5, 5.41) is 2.83. The molecular weight excluding hydrogens is 292 g/mol. The van der Waals surface area contributed by atoms with E-state index >= 15 is 0 Å². The van der Waals surface area contributed by atoms with Gasteiger partial charge in [-0.05, 0) is 30.4 Å². The molecule has 1 heterocycles. The lowest BCUT2D eigenvalue weighted by Crippen LogP contribution is -2.40. The second kappa shape index (κ2) is 6.64. The van der Waals surface area contributed by atoms with Crippen molar-refractivity contribution in [1.29, 1.82) is 0 Å². The average Bonchev–Trinajstić information content (AvgIpc) is 2.58. The minimum atomic E-state index is -0.223. The average molecular weight is 312 g/mol. The molecule has 0 aliphatic heterocycles. The quantitative estimate of drug-likeness (QED) is 0.910. The number of aromatic amines is 1. The van der Waals surface area contributed by atoms with Crippen molar-refractivity contribution in [1.82, 2.24) is 20.2 Å². The summed E-state index contributed by atoms with van der Waals surface area (Å²) in [4.78, 5) is 31.9. The maximum Gasteiger partial charge on any atom is 0.317 e. The molecule has 120 valence electrons. The van der Waals surface area contributed by atoms with Crippen molar-refractivity contribution in [2.45, 2.75) is 31.8 Å². The molecule has 6 nitrogen and oxygen atoms in total. The molecule has 1 aliphatic carbocycles. The van der Waals surface area contributed by atoms with Crippen LogP contribution in [-0.4, -0.2) is 27.9 Å². The molecule has 0 saturated heterocycles. The largest absolute Gasteiger partial charge is 0.332 e.